The molecule has 0 radical (unpaired) electrons. The zero-order valence-electron chi connectivity index (χ0n) is 12.0. The van der Waals surface area contributed by atoms with Crippen LogP contribution in [0.5, 0.6) is 0 Å². The predicted octanol–water partition coefficient (Wildman–Crippen LogP) is 0.879. The molecule has 6 nitrogen and oxygen atoms in total. The van der Waals surface area contributed by atoms with E-state index in [0.29, 0.717) is 12.5 Å². The van der Waals surface area contributed by atoms with E-state index in [-0.39, 0.29) is 24.7 Å². The molecule has 110 valence electrons. The topological polar surface area (TPSA) is 81.7 Å². The summed E-state index contributed by atoms with van der Waals surface area (Å²) in [5, 5.41) is 14.5. The number of carbonyl (C=O) groups excluding carboxylic acids is 1. The van der Waals surface area contributed by atoms with Gasteiger partial charge in [-0.3, -0.25) is 9.69 Å². The van der Waals surface area contributed by atoms with Crippen molar-refractivity contribution in [1.29, 1.82) is 0 Å². The van der Waals surface area contributed by atoms with Crippen molar-refractivity contribution in [3.8, 4) is 0 Å². The van der Waals surface area contributed by atoms with Crippen molar-refractivity contribution >= 4 is 12.0 Å². The van der Waals surface area contributed by atoms with Gasteiger partial charge in [0.1, 0.15) is 0 Å². The summed E-state index contributed by atoms with van der Waals surface area (Å²) in [5.74, 6) is -0.362. The molecule has 1 aliphatic rings. The van der Waals surface area contributed by atoms with E-state index in [1.54, 1.807) is 0 Å². The maximum Gasteiger partial charge on any atom is 0.317 e. The molecule has 0 bridgehead atoms. The molecular weight excluding hydrogens is 246 g/mol. The Balaban J connectivity index is 2.21. The molecule has 1 rings (SSSR count). The second kappa shape index (κ2) is 7.33. The summed E-state index contributed by atoms with van der Waals surface area (Å²) in [5.41, 5.74) is 0. The van der Waals surface area contributed by atoms with Gasteiger partial charge < -0.3 is 15.7 Å². The Hall–Kier alpha value is -1.30. The Morgan fingerprint density at radius 2 is 2.00 bits per heavy atom. The van der Waals surface area contributed by atoms with Crippen molar-refractivity contribution in [3.63, 3.8) is 0 Å². The van der Waals surface area contributed by atoms with Crippen LogP contribution in [0.3, 0.4) is 0 Å². The van der Waals surface area contributed by atoms with Crippen molar-refractivity contribution in [2.24, 2.45) is 5.92 Å². The number of rotatable bonds is 7. The number of amides is 2. The van der Waals surface area contributed by atoms with Gasteiger partial charge in [0.2, 0.25) is 0 Å². The number of likely N-dealkylation sites (N-methyl/N-ethyl adjacent to an activating group) is 1. The third-order valence-electron chi connectivity index (χ3n) is 3.38. The molecule has 0 saturated heterocycles. The summed E-state index contributed by atoms with van der Waals surface area (Å²) in [6, 6.07) is 0.315. The van der Waals surface area contributed by atoms with Gasteiger partial charge in [-0.05, 0) is 25.3 Å². The molecule has 0 aromatic heterocycles. The number of hydrogen-bond donors (Lipinski definition) is 3. The molecule has 1 saturated carbocycles. The highest BCUT2D eigenvalue weighted by Crippen LogP contribution is 2.25. The van der Waals surface area contributed by atoms with Crippen molar-refractivity contribution < 1.29 is 14.7 Å². The SMILES string of the molecule is CCN(CC(=O)O)C1CC(NC(=O)NCC(C)C)C1. The van der Waals surface area contributed by atoms with Gasteiger partial charge in [-0.1, -0.05) is 20.8 Å². The molecular formula is C13H25N3O3. The molecule has 0 atom stereocenters. The van der Waals surface area contributed by atoms with Gasteiger partial charge in [-0.25, -0.2) is 4.79 Å². The molecule has 0 aliphatic heterocycles. The molecule has 3 N–H and O–H groups in total. The van der Waals surface area contributed by atoms with Crippen LogP contribution in [0.25, 0.3) is 0 Å². The smallest absolute Gasteiger partial charge is 0.317 e. The lowest BCUT2D eigenvalue weighted by atomic mass is 9.85. The Labute approximate surface area is 114 Å². The van der Waals surface area contributed by atoms with Crippen LogP contribution >= 0.6 is 0 Å². The van der Waals surface area contributed by atoms with E-state index in [4.69, 9.17) is 5.11 Å². The van der Waals surface area contributed by atoms with Crippen molar-refractivity contribution in [1.82, 2.24) is 15.5 Å². The lowest BCUT2D eigenvalue weighted by molar-refractivity contribution is -0.139. The fourth-order valence-corrected chi connectivity index (χ4v) is 2.21. The number of carboxylic acid groups (broad SMARTS) is 1. The van der Waals surface area contributed by atoms with Crippen molar-refractivity contribution in [3.05, 3.63) is 0 Å². The predicted molar refractivity (Wildman–Crippen MR) is 73.1 cm³/mol. The number of carbonyl (C=O) groups is 2. The molecule has 1 fully saturated rings. The van der Waals surface area contributed by atoms with Crippen LogP contribution in [0.2, 0.25) is 0 Å². The average Bonchev–Trinajstić information content (AvgIpc) is 2.27. The van der Waals surface area contributed by atoms with Gasteiger partial charge in [0, 0.05) is 18.6 Å². The molecule has 0 spiro atoms. The van der Waals surface area contributed by atoms with Crippen LogP contribution in [-0.4, -0.2) is 53.7 Å². The average molecular weight is 271 g/mol. The normalized spacial score (nSPS) is 22.2. The third kappa shape index (κ3) is 5.46. The Bertz CT molecular complexity index is 314. The number of nitrogens with one attached hydrogen (secondary N) is 2. The maximum atomic E-state index is 11.5. The minimum absolute atomic E-state index is 0.0768. The summed E-state index contributed by atoms with van der Waals surface area (Å²) in [6.45, 7) is 7.52. The third-order valence-corrected chi connectivity index (χ3v) is 3.38. The zero-order valence-corrected chi connectivity index (χ0v) is 12.0. The zero-order chi connectivity index (χ0) is 14.4. The van der Waals surface area contributed by atoms with E-state index in [9.17, 15) is 9.59 Å². The fourth-order valence-electron chi connectivity index (χ4n) is 2.21. The second-order valence-corrected chi connectivity index (χ2v) is 5.53. The lowest BCUT2D eigenvalue weighted by Gasteiger charge is -2.42. The van der Waals surface area contributed by atoms with Crippen LogP contribution < -0.4 is 10.6 Å². The highest BCUT2D eigenvalue weighted by atomic mass is 16.4. The molecule has 19 heavy (non-hydrogen) atoms. The van der Waals surface area contributed by atoms with E-state index in [1.807, 2.05) is 25.7 Å². The first-order valence-corrected chi connectivity index (χ1v) is 6.92. The second-order valence-electron chi connectivity index (χ2n) is 5.53. The van der Waals surface area contributed by atoms with Crippen LogP contribution in [0.4, 0.5) is 4.79 Å². The van der Waals surface area contributed by atoms with Gasteiger partial charge in [0.25, 0.3) is 0 Å². The lowest BCUT2D eigenvalue weighted by Crippen LogP contribution is -2.56. The summed E-state index contributed by atoms with van der Waals surface area (Å²) in [4.78, 5) is 24.2. The Kier molecular flexibility index (Phi) is 6.08. The highest BCUT2D eigenvalue weighted by Gasteiger charge is 2.34. The van der Waals surface area contributed by atoms with Crippen molar-refractivity contribution in [2.45, 2.75) is 45.7 Å². The van der Waals surface area contributed by atoms with Gasteiger partial charge in [0.15, 0.2) is 0 Å². The van der Waals surface area contributed by atoms with Crippen LogP contribution in [0, 0.1) is 5.92 Å². The molecule has 0 aromatic carbocycles. The summed E-state index contributed by atoms with van der Waals surface area (Å²) >= 11 is 0. The number of aliphatic carboxylic acids is 1. The fraction of sp³-hybridized carbons (Fsp3) is 0.846. The Morgan fingerprint density at radius 3 is 2.47 bits per heavy atom. The highest BCUT2D eigenvalue weighted by molar-refractivity contribution is 5.74. The van der Waals surface area contributed by atoms with Crippen LogP contribution in [0.15, 0.2) is 0 Å². The van der Waals surface area contributed by atoms with E-state index < -0.39 is 5.97 Å². The molecule has 0 aromatic rings. The largest absolute Gasteiger partial charge is 0.480 e. The monoisotopic (exact) mass is 271 g/mol. The molecule has 1 aliphatic carbocycles. The number of nitrogens with zero attached hydrogens (tertiary/aromatic N) is 1. The number of urea groups is 1. The first-order valence-electron chi connectivity index (χ1n) is 6.92. The van der Waals surface area contributed by atoms with E-state index >= 15 is 0 Å². The first-order chi connectivity index (χ1) is 8.92. The Morgan fingerprint density at radius 1 is 1.37 bits per heavy atom. The van der Waals surface area contributed by atoms with Gasteiger partial charge in [0.05, 0.1) is 6.54 Å². The quantitative estimate of drug-likeness (QED) is 0.642. The summed E-state index contributed by atoms with van der Waals surface area (Å²) in [7, 11) is 0. The molecule has 6 heteroatoms. The van der Waals surface area contributed by atoms with Gasteiger partial charge in [-0.15, -0.1) is 0 Å². The standard InChI is InChI=1S/C13H25N3O3/c1-4-16(8-12(17)18)11-5-10(6-11)15-13(19)14-7-9(2)3/h9-11H,4-8H2,1-3H3,(H,17,18)(H2,14,15,19). The van der Waals surface area contributed by atoms with Crippen molar-refractivity contribution in [2.75, 3.05) is 19.6 Å². The van der Waals surface area contributed by atoms with E-state index in [2.05, 4.69) is 10.6 Å². The molecule has 2 amide bonds. The van der Waals surface area contributed by atoms with E-state index in [1.165, 1.54) is 0 Å². The van der Waals surface area contributed by atoms with Crippen LogP contribution in [-0.2, 0) is 4.79 Å². The van der Waals surface area contributed by atoms with E-state index in [0.717, 1.165) is 19.4 Å². The summed E-state index contributed by atoms with van der Waals surface area (Å²) in [6.07, 6.45) is 1.66. The minimum Gasteiger partial charge on any atom is -0.480 e. The first kappa shape index (κ1) is 15.8. The summed E-state index contributed by atoms with van der Waals surface area (Å²) < 4.78 is 0. The van der Waals surface area contributed by atoms with Gasteiger partial charge in [-0.2, -0.15) is 0 Å². The van der Waals surface area contributed by atoms with Crippen LogP contribution in [0.1, 0.15) is 33.6 Å². The minimum atomic E-state index is -0.798. The maximum absolute atomic E-state index is 11.5. The molecule has 0 heterocycles. The molecule has 0 unspecified atom stereocenters. The van der Waals surface area contributed by atoms with Gasteiger partial charge >= 0.3 is 12.0 Å². The number of carboxylic acids is 1. The number of hydrogen-bond acceptors (Lipinski definition) is 3.